The molecule has 1 nitrogen and oxygen atoms in total. The van der Waals surface area contributed by atoms with Gasteiger partial charge in [0.05, 0.1) is 0 Å². The molecule has 1 unspecified atom stereocenters. The molecule has 0 radical (unpaired) electrons. The first-order valence-electron chi connectivity index (χ1n) is 21.5. The Morgan fingerprint density at radius 3 is 2.06 bits per heavy atom. The van der Waals surface area contributed by atoms with E-state index < -0.39 is 0 Å². The molecule has 12 aromatic rings. The maximum atomic E-state index is 6.40. The first-order chi connectivity index (χ1) is 30.7. The summed E-state index contributed by atoms with van der Waals surface area (Å²) in [7, 11) is 0. The lowest BCUT2D eigenvalue weighted by Crippen LogP contribution is -2.00. The van der Waals surface area contributed by atoms with Crippen molar-refractivity contribution in [3.63, 3.8) is 0 Å². The van der Waals surface area contributed by atoms with E-state index in [9.17, 15) is 0 Å². The molecule has 0 fully saturated rings. The Labute approximate surface area is 363 Å². The highest BCUT2D eigenvalue weighted by molar-refractivity contribution is 7.26. The number of rotatable bonds is 6. The lowest BCUT2D eigenvalue weighted by Gasteiger charge is -2.18. The summed E-state index contributed by atoms with van der Waals surface area (Å²) in [6.07, 6.45) is 3.20. The van der Waals surface area contributed by atoms with E-state index in [-0.39, 0.29) is 5.92 Å². The maximum Gasteiger partial charge on any atom is 0.136 e. The first kappa shape index (κ1) is 35.3. The predicted molar refractivity (Wildman–Crippen MR) is 264 cm³/mol. The van der Waals surface area contributed by atoms with Crippen LogP contribution in [0.4, 0.5) is 0 Å². The minimum Gasteiger partial charge on any atom is -0.456 e. The zero-order valence-corrected chi connectivity index (χ0v) is 34.6. The van der Waals surface area contributed by atoms with Crippen LogP contribution in [0, 0.1) is 0 Å². The van der Waals surface area contributed by atoms with E-state index in [0.717, 1.165) is 33.9 Å². The molecular formula is C60H38OS. The van der Waals surface area contributed by atoms with Crippen LogP contribution in [0.2, 0.25) is 0 Å². The predicted octanol–water partition coefficient (Wildman–Crippen LogP) is 16.8. The number of hydrogen-bond donors (Lipinski definition) is 0. The molecule has 1 aliphatic rings. The summed E-state index contributed by atoms with van der Waals surface area (Å²) < 4.78 is 9.06. The molecule has 62 heavy (non-hydrogen) atoms. The van der Waals surface area contributed by atoms with Gasteiger partial charge in [0.25, 0.3) is 0 Å². The molecule has 2 heteroatoms. The number of benzene rings is 10. The fourth-order valence-corrected chi connectivity index (χ4v) is 11.5. The SMILES string of the molecule is C(/Cc1ccc(-c2cc(C3c4ccccc4-c4cc5ccccc5cc43)cc3c2sc2ccccc23)cc1)=C(\c1ccc2c(c1)oc1ccccc12)c1cccc2ccccc12. The minimum atomic E-state index is 0.142. The zero-order valence-electron chi connectivity index (χ0n) is 33.8. The van der Waals surface area contributed by atoms with Crippen molar-refractivity contribution in [2.45, 2.75) is 12.3 Å². The number of hydrogen-bond acceptors (Lipinski definition) is 2. The fourth-order valence-electron chi connectivity index (χ4n) is 10.3. The molecule has 290 valence electrons. The first-order valence-corrected chi connectivity index (χ1v) is 22.3. The van der Waals surface area contributed by atoms with Crippen LogP contribution in [0.15, 0.2) is 217 Å². The molecule has 2 aromatic heterocycles. The van der Waals surface area contributed by atoms with Crippen molar-refractivity contribution in [2.75, 3.05) is 0 Å². The van der Waals surface area contributed by atoms with Crippen LogP contribution in [-0.4, -0.2) is 0 Å². The van der Waals surface area contributed by atoms with Gasteiger partial charge in [-0.2, -0.15) is 0 Å². The third-order valence-electron chi connectivity index (χ3n) is 13.2. The molecular weight excluding hydrogens is 769 g/mol. The summed E-state index contributed by atoms with van der Waals surface area (Å²) in [6, 6.07) is 76.2. The lowest BCUT2D eigenvalue weighted by atomic mass is 9.86. The summed E-state index contributed by atoms with van der Waals surface area (Å²) in [5, 5.41) is 10.00. The standard InChI is InChI=1S/C60H38OS/c1-2-14-41-33-54-53(32-40(41)13-1)47-17-5-6-20-51(47)59(54)43-34-52(60-55(35-43)50-19-8-10-23-58(50)62-60)39-27-24-37(25-28-39)26-30-45(46-21-11-15-38-12-3-4-16-44(38)46)42-29-31-49-48-18-7-9-22-56(48)61-57(49)36-42/h1-25,27-36,59H,26H2/b45-30-. The van der Waals surface area contributed by atoms with Gasteiger partial charge in [-0.15, -0.1) is 11.3 Å². The molecule has 0 saturated carbocycles. The van der Waals surface area contributed by atoms with Crippen LogP contribution in [0.25, 0.3) is 91.5 Å². The quantitative estimate of drug-likeness (QED) is 0.163. The van der Waals surface area contributed by atoms with Gasteiger partial charge in [0, 0.05) is 36.9 Å². The zero-order chi connectivity index (χ0) is 40.7. The van der Waals surface area contributed by atoms with Crippen molar-refractivity contribution in [1.82, 2.24) is 0 Å². The average Bonchev–Trinajstić information content (AvgIpc) is 4.00. The maximum absolute atomic E-state index is 6.40. The largest absolute Gasteiger partial charge is 0.456 e. The van der Waals surface area contributed by atoms with Crippen molar-refractivity contribution in [3.8, 4) is 22.3 Å². The Morgan fingerprint density at radius 1 is 0.468 bits per heavy atom. The van der Waals surface area contributed by atoms with Gasteiger partial charge in [-0.05, 0) is 138 Å². The molecule has 1 aliphatic carbocycles. The van der Waals surface area contributed by atoms with E-state index in [1.807, 2.05) is 17.4 Å². The smallest absolute Gasteiger partial charge is 0.136 e. The molecule has 0 bridgehead atoms. The van der Waals surface area contributed by atoms with E-state index in [0.29, 0.717) is 0 Å². The van der Waals surface area contributed by atoms with E-state index in [1.165, 1.54) is 97.4 Å². The molecule has 13 rings (SSSR count). The summed E-state index contributed by atoms with van der Waals surface area (Å²) in [5.74, 6) is 0.142. The van der Waals surface area contributed by atoms with E-state index in [2.05, 4.69) is 206 Å². The van der Waals surface area contributed by atoms with Crippen molar-refractivity contribution in [2.24, 2.45) is 0 Å². The number of allylic oxidation sites excluding steroid dienone is 1. The van der Waals surface area contributed by atoms with Crippen molar-refractivity contribution in [1.29, 1.82) is 0 Å². The Kier molecular flexibility index (Phi) is 7.98. The summed E-state index contributed by atoms with van der Waals surface area (Å²) in [6.45, 7) is 0. The van der Waals surface area contributed by atoms with Gasteiger partial charge in [0.2, 0.25) is 0 Å². The molecule has 0 saturated heterocycles. The van der Waals surface area contributed by atoms with Gasteiger partial charge < -0.3 is 4.42 Å². The molecule has 0 aliphatic heterocycles. The number of furan rings is 1. The van der Waals surface area contributed by atoms with Crippen LogP contribution in [0.1, 0.15) is 39.3 Å². The van der Waals surface area contributed by atoms with Gasteiger partial charge in [-0.25, -0.2) is 0 Å². The van der Waals surface area contributed by atoms with Crippen LogP contribution >= 0.6 is 11.3 Å². The second-order valence-corrected chi connectivity index (χ2v) is 17.8. The third kappa shape index (κ3) is 5.61. The minimum absolute atomic E-state index is 0.142. The number of thiophene rings is 1. The highest BCUT2D eigenvalue weighted by Gasteiger charge is 2.31. The lowest BCUT2D eigenvalue weighted by molar-refractivity contribution is 0.669. The van der Waals surface area contributed by atoms with Gasteiger partial charge in [0.1, 0.15) is 11.2 Å². The van der Waals surface area contributed by atoms with Gasteiger partial charge in [-0.3, -0.25) is 0 Å². The highest BCUT2D eigenvalue weighted by atomic mass is 32.1. The van der Waals surface area contributed by atoms with Crippen LogP contribution in [0.5, 0.6) is 0 Å². The van der Waals surface area contributed by atoms with E-state index >= 15 is 0 Å². The Hall–Kier alpha value is -7.52. The second kappa shape index (κ2) is 14.0. The average molecular weight is 807 g/mol. The summed E-state index contributed by atoms with van der Waals surface area (Å²) in [5.41, 5.74) is 16.0. The van der Waals surface area contributed by atoms with Crippen LogP contribution < -0.4 is 0 Å². The molecule has 0 spiro atoms. The van der Waals surface area contributed by atoms with E-state index in [1.54, 1.807) is 0 Å². The molecule has 0 amide bonds. The fraction of sp³-hybridized carbons (Fsp3) is 0.0333. The third-order valence-corrected chi connectivity index (χ3v) is 14.4. The topological polar surface area (TPSA) is 13.1 Å². The number of para-hydroxylation sites is 1. The second-order valence-electron chi connectivity index (χ2n) is 16.7. The molecule has 2 heterocycles. The van der Waals surface area contributed by atoms with Crippen molar-refractivity contribution >= 4 is 80.6 Å². The monoisotopic (exact) mass is 806 g/mol. The summed E-state index contributed by atoms with van der Waals surface area (Å²) >= 11 is 1.91. The summed E-state index contributed by atoms with van der Waals surface area (Å²) in [4.78, 5) is 0. The van der Waals surface area contributed by atoms with Gasteiger partial charge in [-0.1, -0.05) is 164 Å². The van der Waals surface area contributed by atoms with Gasteiger partial charge >= 0.3 is 0 Å². The van der Waals surface area contributed by atoms with Crippen molar-refractivity contribution < 1.29 is 4.42 Å². The highest BCUT2D eigenvalue weighted by Crippen LogP contribution is 2.51. The van der Waals surface area contributed by atoms with Crippen molar-refractivity contribution in [3.05, 3.63) is 246 Å². The number of fused-ring (bicyclic) bond motifs is 11. The molecule has 1 atom stereocenters. The van der Waals surface area contributed by atoms with Crippen LogP contribution in [0.3, 0.4) is 0 Å². The Morgan fingerprint density at radius 2 is 1.18 bits per heavy atom. The van der Waals surface area contributed by atoms with E-state index in [4.69, 9.17) is 4.42 Å². The van der Waals surface area contributed by atoms with Crippen LogP contribution in [-0.2, 0) is 6.42 Å². The normalized spacial score (nSPS) is 13.8. The Bertz CT molecular complexity index is 3780. The molecule has 0 N–H and O–H groups in total. The van der Waals surface area contributed by atoms with Gasteiger partial charge in [0.15, 0.2) is 0 Å². The molecule has 10 aromatic carbocycles. The Balaban J connectivity index is 0.929.